The number of hydrogen-bond donors (Lipinski definition) is 0. The minimum atomic E-state index is 0.904. The van der Waals surface area contributed by atoms with Crippen LogP contribution in [0, 0.1) is 0 Å². The number of allylic oxidation sites excluding steroid dienone is 4. The first-order valence-corrected chi connectivity index (χ1v) is 12.5. The third kappa shape index (κ3) is 2.85. The van der Waals surface area contributed by atoms with Crippen LogP contribution in [0.1, 0.15) is 18.4 Å². The number of furan rings is 1. The summed E-state index contributed by atoms with van der Waals surface area (Å²) in [6, 6.07) is 32.1. The second kappa shape index (κ2) is 7.47. The molecule has 5 aromatic carbocycles. The molecule has 6 aromatic rings. The predicted molar refractivity (Wildman–Crippen MR) is 149 cm³/mol. The van der Waals surface area contributed by atoms with E-state index in [1.54, 1.807) is 0 Å². The highest BCUT2D eigenvalue weighted by Crippen LogP contribution is 2.50. The van der Waals surface area contributed by atoms with Crippen LogP contribution in [0.25, 0.3) is 60.5 Å². The van der Waals surface area contributed by atoms with Crippen molar-refractivity contribution in [3.05, 3.63) is 115 Å². The molecule has 0 unspecified atom stereocenters. The molecule has 0 spiro atoms. The fourth-order valence-electron chi connectivity index (χ4n) is 5.81. The average molecular weight is 463 g/mol. The van der Waals surface area contributed by atoms with Gasteiger partial charge < -0.3 is 9.15 Å². The molecular weight excluding hydrogens is 440 g/mol. The van der Waals surface area contributed by atoms with Gasteiger partial charge in [-0.3, -0.25) is 0 Å². The molecule has 170 valence electrons. The van der Waals surface area contributed by atoms with Crippen LogP contribution in [0.3, 0.4) is 0 Å². The normalized spacial score (nSPS) is 14.2. The summed E-state index contributed by atoms with van der Waals surface area (Å²) in [5, 5.41) is 4.60. The van der Waals surface area contributed by atoms with E-state index >= 15 is 0 Å². The molecule has 1 aromatic heterocycles. The maximum Gasteiger partial charge on any atom is 0.136 e. The minimum Gasteiger partial charge on any atom is -0.456 e. The maximum absolute atomic E-state index is 6.52. The van der Waals surface area contributed by atoms with Crippen LogP contribution in [0.2, 0.25) is 0 Å². The number of fused-ring (bicyclic) bond motifs is 6. The van der Waals surface area contributed by atoms with Gasteiger partial charge in [0, 0.05) is 27.3 Å². The summed E-state index contributed by atoms with van der Waals surface area (Å²) in [7, 11) is 0. The van der Waals surface area contributed by atoms with Crippen LogP contribution in [0.4, 0.5) is 0 Å². The molecule has 0 saturated heterocycles. The first-order valence-electron chi connectivity index (χ1n) is 12.5. The van der Waals surface area contributed by atoms with E-state index in [0.29, 0.717) is 0 Å². The van der Waals surface area contributed by atoms with Crippen molar-refractivity contribution in [1.82, 2.24) is 0 Å². The third-order valence-electron chi connectivity index (χ3n) is 7.54. The summed E-state index contributed by atoms with van der Waals surface area (Å²) in [6.45, 7) is 0. The van der Waals surface area contributed by atoms with E-state index in [4.69, 9.17) is 9.15 Å². The first kappa shape index (κ1) is 19.7. The van der Waals surface area contributed by atoms with Crippen LogP contribution >= 0.6 is 0 Å². The van der Waals surface area contributed by atoms with Crippen molar-refractivity contribution < 1.29 is 9.15 Å². The van der Waals surface area contributed by atoms with Gasteiger partial charge in [-0.1, -0.05) is 72.8 Å². The second-order valence-electron chi connectivity index (χ2n) is 9.63. The van der Waals surface area contributed by atoms with E-state index in [0.717, 1.165) is 62.8 Å². The van der Waals surface area contributed by atoms with E-state index in [9.17, 15) is 0 Å². The van der Waals surface area contributed by atoms with Gasteiger partial charge in [-0.2, -0.15) is 0 Å². The standard InChI is InChI=1S/C34H22O2/c1-3-8-21(9-4-1)23-14-16-25-28-20-32-33(27-12-7-13-29(34(27)28)35-30(25)18-23)26-17-15-24(19-31(26)36-32)22-10-5-2-6-11-22/h1-3,5-8,10-20H,4,9H2. The predicted octanol–water partition coefficient (Wildman–Crippen LogP) is 9.91. The number of rotatable bonds is 2. The van der Waals surface area contributed by atoms with E-state index in [-0.39, 0.29) is 0 Å². The molecule has 0 N–H and O–H groups in total. The van der Waals surface area contributed by atoms with Gasteiger partial charge in [0.1, 0.15) is 22.7 Å². The molecule has 0 bridgehead atoms. The Morgan fingerprint density at radius 1 is 0.583 bits per heavy atom. The smallest absolute Gasteiger partial charge is 0.136 e. The molecule has 0 atom stereocenters. The van der Waals surface area contributed by atoms with Crippen LogP contribution in [0.5, 0.6) is 11.5 Å². The van der Waals surface area contributed by atoms with Gasteiger partial charge in [0.05, 0.1) is 0 Å². The average Bonchev–Trinajstić information content (AvgIpc) is 3.32. The molecule has 0 saturated carbocycles. The lowest BCUT2D eigenvalue weighted by Gasteiger charge is -2.22. The van der Waals surface area contributed by atoms with Gasteiger partial charge in [0.2, 0.25) is 0 Å². The fraction of sp³-hybridized carbons (Fsp3) is 0.0588. The Morgan fingerprint density at radius 3 is 2.39 bits per heavy atom. The summed E-state index contributed by atoms with van der Waals surface area (Å²) in [5.74, 6) is 1.81. The number of hydrogen-bond acceptors (Lipinski definition) is 2. The van der Waals surface area contributed by atoms with Crippen molar-refractivity contribution >= 4 is 38.3 Å². The second-order valence-corrected chi connectivity index (χ2v) is 9.63. The van der Waals surface area contributed by atoms with Crippen LogP contribution in [-0.4, -0.2) is 0 Å². The van der Waals surface area contributed by atoms with Crippen molar-refractivity contribution in [3.8, 4) is 33.8 Å². The van der Waals surface area contributed by atoms with E-state index in [2.05, 4.69) is 103 Å². The van der Waals surface area contributed by atoms with E-state index in [1.165, 1.54) is 27.6 Å². The Morgan fingerprint density at radius 2 is 1.50 bits per heavy atom. The lowest BCUT2D eigenvalue weighted by Crippen LogP contribution is -1.99. The largest absolute Gasteiger partial charge is 0.456 e. The van der Waals surface area contributed by atoms with Crippen LogP contribution < -0.4 is 4.74 Å². The Bertz CT molecular complexity index is 1900. The fourth-order valence-corrected chi connectivity index (χ4v) is 5.81. The van der Waals surface area contributed by atoms with Crippen LogP contribution in [-0.2, 0) is 0 Å². The molecule has 2 heterocycles. The zero-order valence-corrected chi connectivity index (χ0v) is 19.6. The molecule has 1 aliphatic heterocycles. The van der Waals surface area contributed by atoms with Crippen molar-refractivity contribution in [3.63, 3.8) is 0 Å². The first-order chi connectivity index (χ1) is 17.8. The maximum atomic E-state index is 6.52. The Balaban J connectivity index is 1.36. The zero-order valence-electron chi connectivity index (χ0n) is 19.6. The minimum absolute atomic E-state index is 0.904. The van der Waals surface area contributed by atoms with Gasteiger partial charge in [-0.15, -0.1) is 0 Å². The van der Waals surface area contributed by atoms with Gasteiger partial charge >= 0.3 is 0 Å². The Labute approximate surface area is 208 Å². The molecule has 0 radical (unpaired) electrons. The number of ether oxygens (including phenoxy) is 1. The van der Waals surface area contributed by atoms with Gasteiger partial charge in [0.25, 0.3) is 0 Å². The highest BCUT2D eigenvalue weighted by atomic mass is 16.5. The molecular formula is C34H22O2. The lowest BCUT2D eigenvalue weighted by molar-refractivity contribution is 0.487. The monoisotopic (exact) mass is 462 g/mol. The van der Waals surface area contributed by atoms with E-state index < -0.39 is 0 Å². The highest BCUT2D eigenvalue weighted by molar-refractivity contribution is 6.24. The molecule has 2 nitrogen and oxygen atoms in total. The molecule has 8 rings (SSSR count). The highest BCUT2D eigenvalue weighted by Gasteiger charge is 2.24. The van der Waals surface area contributed by atoms with Crippen molar-refractivity contribution in [1.29, 1.82) is 0 Å². The van der Waals surface area contributed by atoms with Crippen molar-refractivity contribution in [2.45, 2.75) is 12.8 Å². The van der Waals surface area contributed by atoms with Crippen LogP contribution in [0.15, 0.2) is 114 Å². The lowest BCUT2D eigenvalue weighted by atomic mass is 9.90. The summed E-state index contributed by atoms with van der Waals surface area (Å²) >= 11 is 0. The molecule has 0 amide bonds. The molecule has 36 heavy (non-hydrogen) atoms. The topological polar surface area (TPSA) is 22.4 Å². The quantitative estimate of drug-likeness (QED) is 0.255. The summed E-state index contributed by atoms with van der Waals surface area (Å²) in [5.41, 5.74) is 9.02. The molecule has 2 heteroatoms. The van der Waals surface area contributed by atoms with E-state index in [1.807, 2.05) is 6.07 Å². The molecule has 2 aliphatic rings. The SMILES string of the molecule is C1=CCCC(c2ccc3c(c2)Oc2cccc4c2c-3cc2oc3cc(-c5ccccc5)ccc3c24)=C1. The van der Waals surface area contributed by atoms with Crippen molar-refractivity contribution in [2.75, 3.05) is 0 Å². The summed E-state index contributed by atoms with van der Waals surface area (Å²) in [4.78, 5) is 0. The summed E-state index contributed by atoms with van der Waals surface area (Å²) in [6.07, 6.45) is 8.73. The Kier molecular flexibility index (Phi) is 4.09. The van der Waals surface area contributed by atoms with Crippen molar-refractivity contribution in [2.24, 2.45) is 0 Å². The van der Waals surface area contributed by atoms with Gasteiger partial charge in [-0.25, -0.2) is 0 Å². The zero-order chi connectivity index (χ0) is 23.6. The number of benzene rings is 5. The molecule has 0 fully saturated rings. The van der Waals surface area contributed by atoms with Gasteiger partial charge in [0.15, 0.2) is 0 Å². The molecule has 1 aliphatic carbocycles. The third-order valence-corrected chi connectivity index (χ3v) is 7.54. The van der Waals surface area contributed by atoms with Gasteiger partial charge in [-0.05, 0) is 76.9 Å². The Hall–Kier alpha value is -4.56. The summed E-state index contributed by atoms with van der Waals surface area (Å²) < 4.78 is 13.0.